The molecular formula is C37H58N2O10. The highest BCUT2D eigenvalue weighted by Gasteiger charge is 2.71. The van der Waals surface area contributed by atoms with Gasteiger partial charge in [-0.3, -0.25) is 4.84 Å². The lowest BCUT2D eigenvalue weighted by Gasteiger charge is -2.61. The van der Waals surface area contributed by atoms with Gasteiger partial charge in [0.2, 0.25) is 11.6 Å². The zero-order valence-corrected chi connectivity index (χ0v) is 30.7. The van der Waals surface area contributed by atoms with Gasteiger partial charge in [-0.1, -0.05) is 32.9 Å². The van der Waals surface area contributed by atoms with E-state index in [9.17, 15) is 4.79 Å². The predicted octanol–water partition coefficient (Wildman–Crippen LogP) is 6.71. The Kier molecular flexibility index (Phi) is 8.75. The second-order valence-corrected chi connectivity index (χ2v) is 17.1. The number of rotatable bonds is 6. The quantitative estimate of drug-likeness (QED) is 0.129. The Morgan fingerprint density at radius 1 is 0.714 bits per heavy atom. The zero-order valence-electron chi connectivity index (χ0n) is 30.7. The maximum atomic E-state index is 13.2. The summed E-state index contributed by atoms with van der Waals surface area (Å²) >= 11 is 0. The number of amides is 1. The fraction of sp³-hybridized carbons (Fsp3) is 0.946. The minimum Gasteiger partial charge on any atom is -0.345 e. The van der Waals surface area contributed by atoms with E-state index in [0.29, 0.717) is 37.1 Å². The van der Waals surface area contributed by atoms with Gasteiger partial charge < -0.3 is 23.8 Å². The van der Waals surface area contributed by atoms with E-state index in [2.05, 4.69) is 32.9 Å². The molecule has 8 aliphatic heterocycles. The summed E-state index contributed by atoms with van der Waals surface area (Å²) in [5.41, 5.74) is -0.726. The van der Waals surface area contributed by atoms with Crippen LogP contribution < -0.4 is 0 Å². The van der Waals surface area contributed by atoms with Crippen LogP contribution in [0.2, 0.25) is 0 Å². The van der Waals surface area contributed by atoms with E-state index in [-0.39, 0.29) is 41.6 Å². The first-order chi connectivity index (χ1) is 23.4. The number of hydrogen-bond donors (Lipinski definition) is 0. The summed E-state index contributed by atoms with van der Waals surface area (Å²) in [5, 5.41) is 4.67. The van der Waals surface area contributed by atoms with Crippen LogP contribution in [0.4, 0.5) is 4.79 Å². The molecule has 1 amide bonds. The van der Waals surface area contributed by atoms with Gasteiger partial charge in [-0.25, -0.2) is 24.3 Å². The Hall–Kier alpha value is -1.38. The molecule has 2 spiro atoms. The largest absolute Gasteiger partial charge is 0.435 e. The molecule has 0 aromatic rings. The number of carbonyl (C=O) groups is 1. The van der Waals surface area contributed by atoms with Crippen LogP contribution in [0.15, 0.2) is 5.16 Å². The highest BCUT2D eigenvalue weighted by atomic mass is 17.3. The molecule has 276 valence electrons. The Morgan fingerprint density at radius 2 is 1.24 bits per heavy atom. The summed E-state index contributed by atoms with van der Waals surface area (Å²) in [6.07, 6.45) is 5.53. The van der Waals surface area contributed by atoms with E-state index in [1.165, 1.54) is 0 Å². The third-order valence-electron chi connectivity index (χ3n) is 14.5. The van der Waals surface area contributed by atoms with E-state index >= 15 is 0 Å². The van der Waals surface area contributed by atoms with Crippen LogP contribution in [0.5, 0.6) is 0 Å². The average molecular weight is 691 g/mol. The molecule has 0 N–H and O–H groups in total. The topological polar surface area (TPSA) is 116 Å². The van der Waals surface area contributed by atoms with Crippen LogP contribution >= 0.6 is 0 Å². The van der Waals surface area contributed by atoms with Crippen LogP contribution in [0.3, 0.4) is 0 Å². The maximum Gasteiger partial charge on any atom is 0.435 e. The molecule has 49 heavy (non-hydrogen) atoms. The Balaban J connectivity index is 1.13. The van der Waals surface area contributed by atoms with Crippen LogP contribution in [0.25, 0.3) is 0 Å². The van der Waals surface area contributed by atoms with Gasteiger partial charge in [-0.05, 0) is 102 Å². The smallest absolute Gasteiger partial charge is 0.345 e. The predicted molar refractivity (Wildman–Crippen MR) is 175 cm³/mol. The monoisotopic (exact) mass is 690 g/mol. The molecule has 4 bridgehead atoms. The van der Waals surface area contributed by atoms with E-state index in [1.807, 2.05) is 27.7 Å². The van der Waals surface area contributed by atoms with Crippen molar-refractivity contribution in [3.63, 3.8) is 0 Å². The normalized spacial score (nSPS) is 53.2. The second kappa shape index (κ2) is 12.4. The lowest BCUT2D eigenvalue weighted by atomic mass is 9.56. The first kappa shape index (κ1) is 34.7. The van der Waals surface area contributed by atoms with Crippen molar-refractivity contribution in [2.45, 2.75) is 161 Å². The van der Waals surface area contributed by atoms with Crippen LogP contribution in [-0.4, -0.2) is 77.4 Å². The highest BCUT2D eigenvalue weighted by molar-refractivity contribution is 5.90. The van der Waals surface area contributed by atoms with Gasteiger partial charge in [0.25, 0.3) is 0 Å². The molecule has 0 aromatic heterocycles. The van der Waals surface area contributed by atoms with E-state index < -0.39 is 47.6 Å². The van der Waals surface area contributed by atoms with Crippen LogP contribution in [0, 0.1) is 47.3 Å². The molecule has 8 saturated heterocycles. The van der Waals surface area contributed by atoms with Crippen molar-refractivity contribution >= 4 is 11.8 Å². The van der Waals surface area contributed by atoms with Gasteiger partial charge >= 0.3 is 6.09 Å². The molecule has 8 heterocycles. The Labute approximate surface area is 290 Å². The van der Waals surface area contributed by atoms with Gasteiger partial charge in [0, 0.05) is 44.2 Å². The molecule has 0 radical (unpaired) electrons. The molecular weight excluding hydrogens is 632 g/mol. The van der Waals surface area contributed by atoms with Crippen molar-refractivity contribution in [3.05, 3.63) is 0 Å². The molecule has 10 rings (SSSR count). The van der Waals surface area contributed by atoms with E-state index in [1.54, 1.807) is 4.90 Å². The first-order valence-electron chi connectivity index (χ1n) is 19.3. The standard InChI is InChI=1S/C37H58N2O10/c1-9-39(10-2)33(40)45-38-28(30-23(6)27-14-12-21(4)25-16-18-35(8)44-32(42-30)37(25,27)49-47-35)19-29-22(5)26-13-11-20(3)24-15-17-34(7)43-31(41-29)36(24,26)48-46-34/h20-27,29-32H,9-19H2,1-8H3/b38-28-/t20-,21-,22-,23-,24+,25+,26+,27+,29-,30+,31-,32-,34+,35+,36?,37?/m1/s1. The van der Waals surface area contributed by atoms with Gasteiger partial charge in [-0.2, -0.15) is 0 Å². The highest BCUT2D eigenvalue weighted by Crippen LogP contribution is 2.63. The third kappa shape index (κ3) is 5.20. The number of ether oxygens (including phenoxy) is 4. The fourth-order valence-corrected chi connectivity index (χ4v) is 11.5. The van der Waals surface area contributed by atoms with E-state index in [0.717, 1.165) is 51.4 Å². The van der Waals surface area contributed by atoms with Crippen molar-refractivity contribution in [1.82, 2.24) is 4.90 Å². The molecule has 10 fully saturated rings. The SMILES string of the molecule is CCN(CC)C(=O)O/N=C(/C[C@H]1O[C@@H]2O[C@]3(C)CC[C@H]4[C@H](C)CC[C@@H]([C@H]1C)C24OO3)[C@H]1O[C@@H]2O[C@]3(C)CC[C@H]4[C@H](C)CC[C@@H]([C@H]1C)C24OO3. The van der Waals surface area contributed by atoms with Gasteiger partial charge in [0.1, 0.15) is 6.10 Å². The number of nitrogens with zero attached hydrogens (tertiary/aromatic N) is 2. The van der Waals surface area contributed by atoms with Crippen LogP contribution in [0.1, 0.15) is 113 Å². The van der Waals surface area contributed by atoms with Gasteiger partial charge in [0.15, 0.2) is 23.8 Å². The van der Waals surface area contributed by atoms with Crippen molar-refractivity contribution in [2.75, 3.05) is 13.1 Å². The Morgan fingerprint density at radius 3 is 1.80 bits per heavy atom. The molecule has 2 unspecified atom stereocenters. The minimum absolute atomic E-state index is 0.0160. The molecule has 2 aliphatic carbocycles. The number of carbonyl (C=O) groups excluding carboxylic acids is 1. The van der Waals surface area contributed by atoms with Crippen molar-refractivity contribution in [3.8, 4) is 0 Å². The van der Waals surface area contributed by atoms with Gasteiger partial charge in [-0.15, -0.1) is 0 Å². The molecule has 16 atom stereocenters. The lowest BCUT2D eigenvalue weighted by molar-refractivity contribution is -0.571. The maximum absolute atomic E-state index is 13.2. The molecule has 12 nitrogen and oxygen atoms in total. The molecule has 0 aromatic carbocycles. The van der Waals surface area contributed by atoms with Crippen LogP contribution in [-0.2, 0) is 43.3 Å². The van der Waals surface area contributed by atoms with Crippen molar-refractivity contribution < 1.29 is 48.1 Å². The average Bonchev–Trinajstić information content (AvgIpc) is 3.45. The summed E-state index contributed by atoms with van der Waals surface area (Å²) in [7, 11) is 0. The fourth-order valence-electron chi connectivity index (χ4n) is 11.5. The number of fused-ring (bicyclic) bond motifs is 4. The lowest BCUT2D eigenvalue weighted by Crippen LogP contribution is -2.71. The van der Waals surface area contributed by atoms with Crippen molar-refractivity contribution in [2.24, 2.45) is 52.5 Å². The molecule has 12 heteroatoms. The van der Waals surface area contributed by atoms with E-state index in [4.69, 9.17) is 43.3 Å². The summed E-state index contributed by atoms with van der Waals surface area (Å²) in [6, 6.07) is 0. The van der Waals surface area contributed by atoms with Crippen molar-refractivity contribution in [1.29, 1.82) is 0 Å². The summed E-state index contributed by atoms with van der Waals surface area (Å²) in [5.74, 6) is 0.0373. The summed E-state index contributed by atoms with van der Waals surface area (Å²) < 4.78 is 27.4. The molecule has 2 saturated carbocycles. The first-order valence-corrected chi connectivity index (χ1v) is 19.3. The number of hydrogen-bond acceptors (Lipinski definition) is 11. The number of oxime groups is 1. The summed E-state index contributed by atoms with van der Waals surface area (Å²) in [4.78, 5) is 45.5. The summed E-state index contributed by atoms with van der Waals surface area (Å²) in [6.45, 7) is 17.9. The third-order valence-corrected chi connectivity index (χ3v) is 14.5. The Bertz CT molecular complexity index is 1310. The second-order valence-electron chi connectivity index (χ2n) is 17.1. The zero-order chi connectivity index (χ0) is 34.5. The van der Waals surface area contributed by atoms with Gasteiger partial charge in [0.05, 0.1) is 11.8 Å². The molecule has 10 aliphatic rings. The minimum atomic E-state index is -0.895.